The molecule has 0 amide bonds. The van der Waals surface area contributed by atoms with Crippen LogP contribution in [0.4, 0.5) is 0 Å². The van der Waals surface area contributed by atoms with E-state index in [0.717, 1.165) is 5.56 Å². The third-order valence-electron chi connectivity index (χ3n) is 3.75. The standard InChI is InChI=1S/C15H23ClN2O/c1-2-7-18-8-5-14(6-9-18)17-11-12-10-13(16)3-4-15(12)19/h3-4,10,14,17,19H,2,5-9,11H2,1H3. The molecular formula is C15H23ClN2O. The topological polar surface area (TPSA) is 35.5 Å². The lowest BCUT2D eigenvalue weighted by atomic mass is 10.0. The summed E-state index contributed by atoms with van der Waals surface area (Å²) in [5, 5.41) is 14.0. The van der Waals surface area contributed by atoms with E-state index in [1.165, 1.54) is 38.9 Å². The van der Waals surface area contributed by atoms with E-state index >= 15 is 0 Å². The van der Waals surface area contributed by atoms with E-state index < -0.39 is 0 Å². The van der Waals surface area contributed by atoms with Crippen LogP contribution in [-0.2, 0) is 6.54 Å². The first-order chi connectivity index (χ1) is 9.19. The van der Waals surface area contributed by atoms with Crippen LogP contribution in [0.2, 0.25) is 5.02 Å². The molecule has 1 aliphatic rings. The van der Waals surface area contributed by atoms with E-state index in [0.29, 0.717) is 23.4 Å². The zero-order chi connectivity index (χ0) is 13.7. The Labute approximate surface area is 120 Å². The Morgan fingerprint density at radius 1 is 1.37 bits per heavy atom. The number of hydrogen-bond donors (Lipinski definition) is 2. The van der Waals surface area contributed by atoms with Gasteiger partial charge in [0, 0.05) is 23.2 Å². The maximum Gasteiger partial charge on any atom is 0.120 e. The second-order valence-corrected chi connectivity index (χ2v) is 5.71. The summed E-state index contributed by atoms with van der Waals surface area (Å²) in [6.07, 6.45) is 3.59. The third-order valence-corrected chi connectivity index (χ3v) is 3.99. The number of nitrogens with one attached hydrogen (secondary N) is 1. The average Bonchev–Trinajstić information content (AvgIpc) is 2.42. The summed E-state index contributed by atoms with van der Waals surface area (Å²) in [6.45, 7) is 6.47. The highest BCUT2D eigenvalue weighted by Crippen LogP contribution is 2.22. The van der Waals surface area contributed by atoms with Crippen LogP contribution in [-0.4, -0.2) is 35.7 Å². The Bertz CT molecular complexity index is 403. The fourth-order valence-corrected chi connectivity index (χ4v) is 2.82. The van der Waals surface area contributed by atoms with Crippen molar-refractivity contribution < 1.29 is 5.11 Å². The molecule has 4 heteroatoms. The Kier molecular flexibility index (Phi) is 5.49. The van der Waals surface area contributed by atoms with Gasteiger partial charge in [0.1, 0.15) is 5.75 Å². The van der Waals surface area contributed by atoms with Crippen molar-refractivity contribution in [2.45, 2.75) is 38.8 Å². The van der Waals surface area contributed by atoms with E-state index in [2.05, 4.69) is 17.1 Å². The number of aromatic hydroxyl groups is 1. The van der Waals surface area contributed by atoms with Crippen LogP contribution in [0, 0.1) is 0 Å². The fourth-order valence-electron chi connectivity index (χ4n) is 2.63. The van der Waals surface area contributed by atoms with Crippen LogP contribution in [0.25, 0.3) is 0 Å². The molecule has 0 bridgehead atoms. The average molecular weight is 283 g/mol. The van der Waals surface area contributed by atoms with Gasteiger partial charge in [-0.05, 0) is 57.1 Å². The number of piperidine rings is 1. The van der Waals surface area contributed by atoms with E-state index in [1.807, 2.05) is 6.07 Å². The molecule has 0 aromatic heterocycles. The van der Waals surface area contributed by atoms with E-state index in [9.17, 15) is 5.11 Å². The molecule has 0 spiro atoms. The molecule has 1 saturated heterocycles. The minimum atomic E-state index is 0.320. The lowest BCUT2D eigenvalue weighted by Gasteiger charge is -2.32. The Hall–Kier alpha value is -0.770. The minimum absolute atomic E-state index is 0.320. The van der Waals surface area contributed by atoms with Crippen LogP contribution < -0.4 is 5.32 Å². The predicted octanol–water partition coefficient (Wildman–Crippen LogP) is 3.01. The molecule has 0 radical (unpaired) electrons. The second-order valence-electron chi connectivity index (χ2n) is 5.27. The third kappa shape index (κ3) is 4.37. The summed E-state index contributed by atoms with van der Waals surface area (Å²) in [5.41, 5.74) is 0.878. The molecule has 0 unspecified atom stereocenters. The molecule has 3 nitrogen and oxygen atoms in total. The largest absolute Gasteiger partial charge is 0.508 e. The summed E-state index contributed by atoms with van der Waals surface area (Å²) in [4.78, 5) is 2.52. The summed E-state index contributed by atoms with van der Waals surface area (Å²) in [7, 11) is 0. The molecule has 106 valence electrons. The number of hydrogen-bond acceptors (Lipinski definition) is 3. The molecule has 0 saturated carbocycles. The number of rotatable bonds is 5. The molecule has 1 aromatic rings. The maximum absolute atomic E-state index is 9.77. The zero-order valence-electron chi connectivity index (χ0n) is 11.5. The van der Waals surface area contributed by atoms with E-state index in [-0.39, 0.29) is 0 Å². The zero-order valence-corrected chi connectivity index (χ0v) is 12.3. The minimum Gasteiger partial charge on any atom is -0.508 e. The van der Waals surface area contributed by atoms with Crippen LogP contribution in [0.5, 0.6) is 5.75 Å². The smallest absolute Gasteiger partial charge is 0.120 e. The molecule has 1 fully saturated rings. The van der Waals surface area contributed by atoms with Crippen molar-refractivity contribution >= 4 is 11.6 Å². The molecule has 2 rings (SSSR count). The van der Waals surface area contributed by atoms with Gasteiger partial charge in [-0.25, -0.2) is 0 Å². The van der Waals surface area contributed by atoms with Crippen molar-refractivity contribution in [2.24, 2.45) is 0 Å². The number of halogens is 1. The highest BCUT2D eigenvalue weighted by atomic mass is 35.5. The second kappa shape index (κ2) is 7.13. The summed E-state index contributed by atoms with van der Waals surface area (Å²) < 4.78 is 0. The van der Waals surface area contributed by atoms with Gasteiger partial charge in [-0.3, -0.25) is 0 Å². The van der Waals surface area contributed by atoms with Gasteiger partial charge in [0.2, 0.25) is 0 Å². The molecular weight excluding hydrogens is 260 g/mol. The number of benzene rings is 1. The molecule has 19 heavy (non-hydrogen) atoms. The van der Waals surface area contributed by atoms with Crippen LogP contribution in [0.3, 0.4) is 0 Å². The van der Waals surface area contributed by atoms with Crippen molar-refractivity contribution in [2.75, 3.05) is 19.6 Å². The van der Waals surface area contributed by atoms with Crippen molar-refractivity contribution in [1.82, 2.24) is 10.2 Å². The molecule has 1 aromatic carbocycles. The maximum atomic E-state index is 9.77. The molecule has 1 aliphatic heterocycles. The fraction of sp³-hybridized carbons (Fsp3) is 0.600. The van der Waals surface area contributed by atoms with Gasteiger partial charge in [0.05, 0.1) is 0 Å². The lowest BCUT2D eigenvalue weighted by molar-refractivity contribution is 0.197. The van der Waals surface area contributed by atoms with Crippen LogP contribution >= 0.6 is 11.6 Å². The highest BCUT2D eigenvalue weighted by Gasteiger charge is 2.18. The predicted molar refractivity (Wildman–Crippen MR) is 79.7 cm³/mol. The number of likely N-dealkylation sites (tertiary alicyclic amines) is 1. The van der Waals surface area contributed by atoms with Crippen molar-refractivity contribution in [3.8, 4) is 5.75 Å². The summed E-state index contributed by atoms with van der Waals surface area (Å²) in [6, 6.07) is 5.75. The first-order valence-electron chi connectivity index (χ1n) is 7.12. The van der Waals surface area contributed by atoms with Gasteiger partial charge >= 0.3 is 0 Å². The molecule has 0 atom stereocenters. The van der Waals surface area contributed by atoms with Gasteiger partial charge in [-0.15, -0.1) is 0 Å². The van der Waals surface area contributed by atoms with E-state index in [1.54, 1.807) is 12.1 Å². The van der Waals surface area contributed by atoms with Crippen molar-refractivity contribution in [1.29, 1.82) is 0 Å². The van der Waals surface area contributed by atoms with Gasteiger partial charge in [0.15, 0.2) is 0 Å². The number of nitrogens with zero attached hydrogens (tertiary/aromatic N) is 1. The monoisotopic (exact) mass is 282 g/mol. The number of phenolic OH excluding ortho intramolecular Hbond substituents is 1. The lowest BCUT2D eigenvalue weighted by Crippen LogP contribution is -2.42. The van der Waals surface area contributed by atoms with Gasteiger partial charge in [-0.1, -0.05) is 18.5 Å². The van der Waals surface area contributed by atoms with Crippen molar-refractivity contribution in [3.05, 3.63) is 28.8 Å². The highest BCUT2D eigenvalue weighted by molar-refractivity contribution is 6.30. The Balaban J connectivity index is 1.79. The Morgan fingerprint density at radius 3 is 2.79 bits per heavy atom. The first-order valence-corrected chi connectivity index (χ1v) is 7.50. The van der Waals surface area contributed by atoms with E-state index in [4.69, 9.17) is 11.6 Å². The van der Waals surface area contributed by atoms with Gasteiger partial charge in [-0.2, -0.15) is 0 Å². The Morgan fingerprint density at radius 2 is 2.11 bits per heavy atom. The summed E-state index contributed by atoms with van der Waals surface area (Å²) >= 11 is 5.95. The van der Waals surface area contributed by atoms with Crippen molar-refractivity contribution in [3.63, 3.8) is 0 Å². The van der Waals surface area contributed by atoms with Crippen LogP contribution in [0.1, 0.15) is 31.7 Å². The van der Waals surface area contributed by atoms with Gasteiger partial charge < -0.3 is 15.3 Å². The summed E-state index contributed by atoms with van der Waals surface area (Å²) in [5.74, 6) is 0.320. The number of phenols is 1. The first kappa shape index (κ1) is 14.6. The van der Waals surface area contributed by atoms with Gasteiger partial charge in [0.25, 0.3) is 0 Å². The molecule has 2 N–H and O–H groups in total. The molecule has 0 aliphatic carbocycles. The molecule has 1 heterocycles. The normalized spacial score (nSPS) is 17.8. The SMILES string of the molecule is CCCN1CCC(NCc2cc(Cl)ccc2O)CC1. The quantitative estimate of drug-likeness (QED) is 0.871. The van der Waals surface area contributed by atoms with Crippen LogP contribution in [0.15, 0.2) is 18.2 Å².